The summed E-state index contributed by atoms with van der Waals surface area (Å²) in [5.74, 6) is -0.182. The molecular weight excluding hydrogens is 204 g/mol. The van der Waals surface area contributed by atoms with Crippen molar-refractivity contribution in [2.45, 2.75) is 32.8 Å². The zero-order valence-corrected chi connectivity index (χ0v) is 9.60. The van der Waals surface area contributed by atoms with E-state index in [1.165, 1.54) is 0 Å². The van der Waals surface area contributed by atoms with E-state index in [-0.39, 0.29) is 17.9 Å². The fourth-order valence-corrected chi connectivity index (χ4v) is 1.33. The maximum Gasteiger partial charge on any atom is 0.338 e. The number of hydrogen-bond acceptors (Lipinski definition) is 3. The number of carbonyl (C=O) groups is 2. The van der Waals surface area contributed by atoms with Gasteiger partial charge in [-0.3, -0.25) is 4.79 Å². The van der Waals surface area contributed by atoms with Gasteiger partial charge in [-0.25, -0.2) is 4.79 Å². The lowest BCUT2D eigenvalue weighted by Crippen LogP contribution is -2.33. The lowest BCUT2D eigenvalue weighted by molar-refractivity contribution is -0.130. The van der Waals surface area contributed by atoms with Crippen molar-refractivity contribution in [2.75, 3.05) is 0 Å². The van der Waals surface area contributed by atoms with E-state index in [9.17, 15) is 9.59 Å². The third kappa shape index (κ3) is 3.19. The molecule has 1 aliphatic carbocycles. The summed E-state index contributed by atoms with van der Waals surface area (Å²) in [5.41, 5.74) is 0.534. The van der Waals surface area contributed by atoms with Gasteiger partial charge in [0.25, 0.3) is 0 Å². The Labute approximate surface area is 95.4 Å². The van der Waals surface area contributed by atoms with Crippen molar-refractivity contribution in [3.63, 3.8) is 0 Å². The average Bonchev–Trinajstić information content (AvgIpc) is 2.31. The number of rotatable bonds is 2. The van der Waals surface area contributed by atoms with Gasteiger partial charge in [0, 0.05) is 12.8 Å². The number of benzene rings is 1. The molecule has 0 spiro atoms. The molecule has 1 saturated carbocycles. The molecule has 0 N–H and O–H groups in total. The molecule has 3 nitrogen and oxygen atoms in total. The number of ether oxygens (including phenoxy) is 1. The smallest absolute Gasteiger partial charge is 0.338 e. The lowest BCUT2D eigenvalue weighted by Gasteiger charge is -2.23. The Morgan fingerprint density at radius 1 is 1.19 bits per heavy atom. The minimum Gasteiger partial charge on any atom is -0.458 e. The van der Waals surface area contributed by atoms with E-state index in [1.807, 2.05) is 19.9 Å². The van der Waals surface area contributed by atoms with E-state index in [0.29, 0.717) is 18.4 Å². The maximum atomic E-state index is 11.4. The van der Waals surface area contributed by atoms with Crippen molar-refractivity contribution in [3.05, 3.63) is 35.9 Å². The van der Waals surface area contributed by atoms with Crippen LogP contribution in [0.4, 0.5) is 0 Å². The van der Waals surface area contributed by atoms with Gasteiger partial charge in [-0.05, 0) is 12.1 Å². The Morgan fingerprint density at radius 3 is 2.25 bits per heavy atom. The summed E-state index contributed by atoms with van der Waals surface area (Å²) in [6.07, 6.45) is 0.548. The first-order valence-electron chi connectivity index (χ1n) is 5.53. The summed E-state index contributed by atoms with van der Waals surface area (Å²) in [6.45, 7) is 4.00. The van der Waals surface area contributed by atoms with Crippen molar-refractivity contribution in [2.24, 2.45) is 0 Å². The Bertz CT molecular complexity index is 349. The van der Waals surface area contributed by atoms with Crippen molar-refractivity contribution in [1.82, 2.24) is 0 Å². The predicted octanol–water partition coefficient (Wildman–Crippen LogP) is 2.60. The molecule has 0 bridgehead atoms. The van der Waals surface area contributed by atoms with Crippen molar-refractivity contribution < 1.29 is 14.3 Å². The van der Waals surface area contributed by atoms with Crippen LogP contribution in [-0.2, 0) is 9.53 Å². The summed E-state index contributed by atoms with van der Waals surface area (Å²) in [7, 11) is 0. The fourth-order valence-electron chi connectivity index (χ4n) is 1.33. The molecule has 0 aliphatic heterocycles. The molecule has 0 unspecified atom stereocenters. The second-order valence-corrected chi connectivity index (χ2v) is 3.34. The molecule has 1 aliphatic rings. The van der Waals surface area contributed by atoms with Gasteiger partial charge >= 0.3 is 5.97 Å². The third-order valence-corrected chi connectivity index (χ3v) is 2.19. The van der Waals surface area contributed by atoms with Crippen LogP contribution < -0.4 is 0 Å². The van der Waals surface area contributed by atoms with E-state index in [1.54, 1.807) is 24.3 Å². The first-order valence-corrected chi connectivity index (χ1v) is 5.53. The Morgan fingerprint density at radius 2 is 1.75 bits per heavy atom. The number of hydrogen-bond donors (Lipinski definition) is 0. The van der Waals surface area contributed by atoms with Crippen LogP contribution in [-0.4, -0.2) is 17.9 Å². The largest absolute Gasteiger partial charge is 0.458 e. The van der Waals surface area contributed by atoms with Crippen LogP contribution in [0.3, 0.4) is 0 Å². The van der Waals surface area contributed by atoms with Crippen LogP contribution in [0.5, 0.6) is 0 Å². The minimum absolute atomic E-state index is 0.163. The van der Waals surface area contributed by atoms with Crippen LogP contribution in [0, 0.1) is 0 Å². The number of carbonyl (C=O) groups excluding carboxylic acids is 2. The zero-order chi connectivity index (χ0) is 12.0. The highest BCUT2D eigenvalue weighted by Gasteiger charge is 2.30. The van der Waals surface area contributed by atoms with Gasteiger partial charge in [-0.1, -0.05) is 32.0 Å². The zero-order valence-electron chi connectivity index (χ0n) is 9.60. The van der Waals surface area contributed by atoms with E-state index < -0.39 is 0 Å². The highest BCUT2D eigenvalue weighted by atomic mass is 16.5. The van der Waals surface area contributed by atoms with Gasteiger partial charge in [0.15, 0.2) is 0 Å². The van der Waals surface area contributed by atoms with E-state index >= 15 is 0 Å². The molecule has 86 valence electrons. The van der Waals surface area contributed by atoms with E-state index in [2.05, 4.69) is 0 Å². The third-order valence-electron chi connectivity index (χ3n) is 2.19. The molecule has 1 aromatic carbocycles. The first-order chi connectivity index (χ1) is 7.75. The lowest BCUT2D eigenvalue weighted by atomic mass is 9.94. The average molecular weight is 220 g/mol. The van der Waals surface area contributed by atoms with Gasteiger partial charge in [0.1, 0.15) is 11.9 Å². The Kier molecular flexibility index (Phi) is 4.70. The molecule has 0 radical (unpaired) electrons. The predicted molar refractivity (Wildman–Crippen MR) is 61.2 cm³/mol. The summed E-state index contributed by atoms with van der Waals surface area (Å²) in [5, 5.41) is 0. The quantitative estimate of drug-likeness (QED) is 0.719. The Hall–Kier alpha value is -1.64. The molecule has 0 saturated heterocycles. The number of ketones is 1. The van der Waals surface area contributed by atoms with Gasteiger partial charge in [-0.15, -0.1) is 0 Å². The fraction of sp³-hybridized carbons (Fsp3) is 0.385. The van der Waals surface area contributed by atoms with Crippen LogP contribution in [0.25, 0.3) is 0 Å². The summed E-state index contributed by atoms with van der Waals surface area (Å²) in [6, 6.07) is 8.79. The second kappa shape index (κ2) is 6.05. The SMILES string of the molecule is CC.O=C1CC(OC(=O)c2ccccc2)C1. The molecule has 1 aromatic rings. The summed E-state index contributed by atoms with van der Waals surface area (Å²) >= 11 is 0. The van der Waals surface area contributed by atoms with E-state index in [4.69, 9.17) is 4.74 Å². The Balaban J connectivity index is 0.000000606. The van der Waals surface area contributed by atoms with Gasteiger partial charge in [-0.2, -0.15) is 0 Å². The van der Waals surface area contributed by atoms with Gasteiger partial charge in [0.2, 0.25) is 0 Å². The molecular formula is C13H16O3. The van der Waals surface area contributed by atoms with Crippen LogP contribution >= 0.6 is 0 Å². The van der Waals surface area contributed by atoms with Gasteiger partial charge < -0.3 is 4.74 Å². The van der Waals surface area contributed by atoms with Crippen LogP contribution in [0.15, 0.2) is 30.3 Å². The molecule has 0 aromatic heterocycles. The summed E-state index contributed by atoms with van der Waals surface area (Å²) < 4.78 is 5.08. The molecule has 1 fully saturated rings. The van der Waals surface area contributed by atoms with Crippen molar-refractivity contribution in [1.29, 1.82) is 0 Å². The molecule has 16 heavy (non-hydrogen) atoms. The summed E-state index contributed by atoms with van der Waals surface area (Å²) in [4.78, 5) is 22.1. The second-order valence-electron chi connectivity index (χ2n) is 3.34. The molecule has 2 rings (SSSR count). The van der Waals surface area contributed by atoms with Crippen molar-refractivity contribution in [3.8, 4) is 0 Å². The number of Topliss-reactive ketones (excluding diaryl/α,β-unsaturated/α-hetero) is 1. The molecule has 0 amide bonds. The monoisotopic (exact) mass is 220 g/mol. The van der Waals surface area contributed by atoms with Crippen molar-refractivity contribution >= 4 is 11.8 Å². The number of esters is 1. The molecule has 0 atom stereocenters. The molecule has 3 heteroatoms. The van der Waals surface area contributed by atoms with Crippen LogP contribution in [0.1, 0.15) is 37.0 Å². The first kappa shape index (κ1) is 12.4. The maximum absolute atomic E-state index is 11.4. The van der Waals surface area contributed by atoms with Gasteiger partial charge in [0.05, 0.1) is 5.56 Å². The standard InChI is InChI=1S/C11H10O3.C2H6/c12-9-6-10(7-9)14-11(13)8-4-2-1-3-5-8;1-2/h1-5,10H,6-7H2;1-2H3. The van der Waals surface area contributed by atoms with E-state index in [0.717, 1.165) is 0 Å². The van der Waals surface area contributed by atoms with Crippen LogP contribution in [0.2, 0.25) is 0 Å². The highest BCUT2D eigenvalue weighted by molar-refractivity contribution is 5.91. The normalized spacial score (nSPS) is 14.5. The topological polar surface area (TPSA) is 43.4 Å². The highest BCUT2D eigenvalue weighted by Crippen LogP contribution is 2.19. The minimum atomic E-state index is -0.344. The molecule has 0 heterocycles.